The van der Waals surface area contributed by atoms with E-state index >= 15 is 0 Å². The first kappa shape index (κ1) is 28.2. The molecule has 9 heteroatoms. The molecular formula is C26H37N3O5S. The van der Waals surface area contributed by atoms with Crippen LogP contribution in [-0.4, -0.2) is 57.6 Å². The van der Waals surface area contributed by atoms with Crippen LogP contribution in [0.15, 0.2) is 48.5 Å². The Labute approximate surface area is 209 Å². The maximum absolute atomic E-state index is 13.3. The molecule has 0 bridgehead atoms. The van der Waals surface area contributed by atoms with E-state index in [-0.39, 0.29) is 31.2 Å². The van der Waals surface area contributed by atoms with Crippen molar-refractivity contribution < 1.29 is 22.7 Å². The first-order chi connectivity index (χ1) is 16.6. The largest absolute Gasteiger partial charge is 0.495 e. The van der Waals surface area contributed by atoms with Crippen LogP contribution >= 0.6 is 0 Å². The topological polar surface area (TPSA) is 96.0 Å². The van der Waals surface area contributed by atoms with Gasteiger partial charge in [0.1, 0.15) is 11.8 Å². The lowest BCUT2D eigenvalue weighted by Gasteiger charge is -2.29. The SMILES string of the molecule is CCCNC(=O)[C@H](C)N(Cc1cccc(C)c1)C(=O)CCCN(c1ccccc1OC)S(C)(=O)=O. The highest BCUT2D eigenvalue weighted by Gasteiger charge is 2.27. The highest BCUT2D eigenvalue weighted by molar-refractivity contribution is 7.92. The highest BCUT2D eigenvalue weighted by Crippen LogP contribution is 2.29. The van der Waals surface area contributed by atoms with E-state index in [1.165, 1.54) is 11.4 Å². The van der Waals surface area contributed by atoms with Crippen LogP contribution in [0.3, 0.4) is 0 Å². The van der Waals surface area contributed by atoms with E-state index in [2.05, 4.69) is 5.32 Å². The molecule has 1 N–H and O–H groups in total. The number of aryl methyl sites for hydroxylation is 1. The van der Waals surface area contributed by atoms with Crippen molar-refractivity contribution in [3.8, 4) is 5.75 Å². The van der Waals surface area contributed by atoms with E-state index in [4.69, 9.17) is 4.74 Å². The van der Waals surface area contributed by atoms with Gasteiger partial charge in [0.15, 0.2) is 0 Å². The molecule has 0 saturated heterocycles. The van der Waals surface area contributed by atoms with Crippen molar-refractivity contribution in [1.82, 2.24) is 10.2 Å². The van der Waals surface area contributed by atoms with Crippen LogP contribution in [-0.2, 0) is 26.2 Å². The number of hydrogen-bond acceptors (Lipinski definition) is 5. The number of rotatable bonds is 13. The van der Waals surface area contributed by atoms with Gasteiger partial charge in [0.25, 0.3) is 0 Å². The van der Waals surface area contributed by atoms with Crippen LogP contribution in [0.1, 0.15) is 44.2 Å². The number of carbonyl (C=O) groups excluding carboxylic acids is 2. The van der Waals surface area contributed by atoms with Gasteiger partial charge in [-0.2, -0.15) is 0 Å². The van der Waals surface area contributed by atoms with Crippen LogP contribution < -0.4 is 14.4 Å². The van der Waals surface area contributed by atoms with E-state index in [0.717, 1.165) is 23.8 Å². The smallest absolute Gasteiger partial charge is 0.242 e. The van der Waals surface area contributed by atoms with Crippen molar-refractivity contribution >= 4 is 27.5 Å². The molecule has 0 aliphatic carbocycles. The van der Waals surface area contributed by atoms with E-state index in [0.29, 0.717) is 24.5 Å². The van der Waals surface area contributed by atoms with E-state index in [1.807, 2.05) is 38.1 Å². The number of hydrogen-bond donors (Lipinski definition) is 1. The predicted octanol–water partition coefficient (Wildman–Crippen LogP) is 3.49. The lowest BCUT2D eigenvalue weighted by atomic mass is 10.1. The summed E-state index contributed by atoms with van der Waals surface area (Å²) in [6.07, 6.45) is 2.32. The minimum Gasteiger partial charge on any atom is -0.495 e. The van der Waals surface area contributed by atoms with Crippen LogP contribution in [0, 0.1) is 6.92 Å². The van der Waals surface area contributed by atoms with Crippen LogP contribution in [0.4, 0.5) is 5.69 Å². The lowest BCUT2D eigenvalue weighted by molar-refractivity contribution is -0.140. The molecule has 2 amide bonds. The summed E-state index contributed by atoms with van der Waals surface area (Å²) in [6.45, 7) is 6.61. The molecule has 192 valence electrons. The number of benzene rings is 2. The first-order valence-corrected chi connectivity index (χ1v) is 13.7. The second-order valence-electron chi connectivity index (χ2n) is 8.59. The zero-order valence-electron chi connectivity index (χ0n) is 21.3. The van der Waals surface area contributed by atoms with Gasteiger partial charge >= 0.3 is 0 Å². The molecule has 0 radical (unpaired) electrons. The fourth-order valence-corrected chi connectivity index (χ4v) is 4.77. The molecule has 2 rings (SSSR count). The predicted molar refractivity (Wildman–Crippen MR) is 139 cm³/mol. The maximum atomic E-state index is 13.3. The molecule has 0 aromatic heterocycles. The number of anilines is 1. The molecule has 0 aliphatic rings. The number of ether oxygens (including phenoxy) is 1. The lowest BCUT2D eigenvalue weighted by Crippen LogP contribution is -2.47. The molecule has 8 nitrogen and oxygen atoms in total. The number of amides is 2. The van der Waals surface area contributed by atoms with E-state index < -0.39 is 16.1 Å². The van der Waals surface area contributed by atoms with Crippen LogP contribution in [0.25, 0.3) is 0 Å². The summed E-state index contributed by atoms with van der Waals surface area (Å²) in [5, 5.41) is 2.86. The Morgan fingerprint density at radius 3 is 2.46 bits per heavy atom. The Morgan fingerprint density at radius 1 is 1.11 bits per heavy atom. The minimum atomic E-state index is -3.60. The number of carbonyl (C=O) groups is 2. The van der Waals surface area contributed by atoms with Crippen molar-refractivity contribution in [3.63, 3.8) is 0 Å². The minimum absolute atomic E-state index is 0.0956. The fraction of sp³-hybridized carbons (Fsp3) is 0.462. The monoisotopic (exact) mass is 503 g/mol. The quantitative estimate of drug-likeness (QED) is 0.451. The second kappa shape index (κ2) is 13.1. The Kier molecular flexibility index (Phi) is 10.6. The standard InChI is InChI=1S/C26H37N3O5S/c1-6-16-27-26(31)21(3)28(19-22-12-9-11-20(2)18-22)25(30)15-10-17-29(35(5,32)33)23-13-7-8-14-24(23)34-4/h7-9,11-14,18,21H,6,10,15-17,19H2,1-5H3,(H,27,31)/t21-/m0/s1. The van der Waals surface area contributed by atoms with Crippen molar-refractivity contribution in [2.75, 3.05) is 30.8 Å². The van der Waals surface area contributed by atoms with Gasteiger partial charge in [-0.05, 0) is 44.4 Å². The molecule has 0 spiro atoms. The first-order valence-electron chi connectivity index (χ1n) is 11.8. The normalized spacial score (nSPS) is 12.0. The summed E-state index contributed by atoms with van der Waals surface area (Å²) in [7, 11) is -2.11. The van der Waals surface area contributed by atoms with Crippen molar-refractivity contribution in [2.24, 2.45) is 0 Å². The third kappa shape index (κ3) is 8.28. The third-order valence-corrected chi connectivity index (χ3v) is 6.84. The zero-order chi connectivity index (χ0) is 26.0. The second-order valence-corrected chi connectivity index (χ2v) is 10.5. The molecule has 0 fully saturated rings. The average Bonchev–Trinajstić information content (AvgIpc) is 2.82. The zero-order valence-corrected chi connectivity index (χ0v) is 22.1. The number of nitrogens with zero attached hydrogens (tertiary/aromatic N) is 2. The Hall–Kier alpha value is -3.07. The van der Waals surface area contributed by atoms with Crippen molar-refractivity contribution in [3.05, 3.63) is 59.7 Å². The molecule has 0 heterocycles. The highest BCUT2D eigenvalue weighted by atomic mass is 32.2. The van der Waals surface area contributed by atoms with Crippen LogP contribution in [0.2, 0.25) is 0 Å². The molecule has 0 aliphatic heterocycles. The number of sulfonamides is 1. The number of para-hydroxylation sites is 2. The molecule has 2 aromatic carbocycles. The van der Waals surface area contributed by atoms with Gasteiger partial charge in [-0.25, -0.2) is 8.42 Å². The van der Waals surface area contributed by atoms with Crippen LogP contribution in [0.5, 0.6) is 5.75 Å². The summed E-state index contributed by atoms with van der Waals surface area (Å²) >= 11 is 0. The van der Waals surface area contributed by atoms with Crippen molar-refractivity contribution in [1.29, 1.82) is 0 Å². The van der Waals surface area contributed by atoms with E-state index in [1.54, 1.807) is 36.1 Å². The van der Waals surface area contributed by atoms with E-state index in [9.17, 15) is 18.0 Å². The third-order valence-electron chi connectivity index (χ3n) is 5.66. The molecular weight excluding hydrogens is 466 g/mol. The Balaban J connectivity index is 2.18. The molecule has 1 atom stereocenters. The van der Waals surface area contributed by atoms with Gasteiger partial charge in [0.05, 0.1) is 19.1 Å². The van der Waals surface area contributed by atoms with Gasteiger partial charge < -0.3 is 15.0 Å². The average molecular weight is 504 g/mol. The Morgan fingerprint density at radius 2 is 1.83 bits per heavy atom. The molecule has 2 aromatic rings. The van der Waals surface area contributed by atoms with Gasteiger partial charge in [-0.1, -0.05) is 48.9 Å². The Bertz CT molecular complexity index is 1100. The maximum Gasteiger partial charge on any atom is 0.242 e. The number of nitrogens with one attached hydrogen (secondary N) is 1. The molecule has 0 saturated carbocycles. The summed E-state index contributed by atoms with van der Waals surface area (Å²) in [6, 6.07) is 14.0. The van der Waals surface area contributed by atoms with Gasteiger partial charge in [0, 0.05) is 26.1 Å². The summed E-state index contributed by atoms with van der Waals surface area (Å²) < 4.78 is 31.6. The summed E-state index contributed by atoms with van der Waals surface area (Å²) in [5.74, 6) is 0.0188. The number of methoxy groups -OCH3 is 1. The van der Waals surface area contributed by atoms with Gasteiger partial charge in [0.2, 0.25) is 21.8 Å². The van der Waals surface area contributed by atoms with Gasteiger partial charge in [-0.15, -0.1) is 0 Å². The fourth-order valence-electron chi connectivity index (χ4n) is 3.80. The molecule has 0 unspecified atom stereocenters. The summed E-state index contributed by atoms with van der Waals surface area (Å²) in [5.41, 5.74) is 2.42. The van der Waals surface area contributed by atoms with Crippen molar-refractivity contribution in [2.45, 2.75) is 52.6 Å². The molecule has 35 heavy (non-hydrogen) atoms. The summed E-state index contributed by atoms with van der Waals surface area (Å²) in [4.78, 5) is 27.5. The van der Waals surface area contributed by atoms with Gasteiger partial charge in [-0.3, -0.25) is 13.9 Å².